The van der Waals surface area contributed by atoms with Gasteiger partial charge in [0.05, 0.1) is 19.3 Å². The lowest BCUT2D eigenvalue weighted by molar-refractivity contribution is 0.414. The Balaban J connectivity index is 1.40. The van der Waals surface area contributed by atoms with Gasteiger partial charge >= 0.3 is 0 Å². The molecule has 0 aliphatic rings. The quantitative estimate of drug-likeness (QED) is 0.173. The molecule has 0 spiro atoms. The average molecular weight is 535 g/mol. The predicted molar refractivity (Wildman–Crippen MR) is 154 cm³/mol. The average Bonchev–Trinajstić information content (AvgIpc) is 3.58. The highest BCUT2D eigenvalue weighted by molar-refractivity contribution is 7.98. The van der Waals surface area contributed by atoms with E-state index in [1.807, 2.05) is 98.0 Å². The molecule has 0 amide bonds. The standard InChI is InChI=1S/C31H26N4O3S/c1-20-26(33-29(38-20)23-11-7-4-8-12-23)19-39-31-34-27-25(22-9-5-3-6-10-22)17-32-28(27)30(36)35(31)18-21-13-15-24(37-2)16-14-21/h3-17,32H,18-19H2,1-2H3. The molecule has 0 bridgehead atoms. The van der Waals surface area contributed by atoms with Crippen molar-refractivity contribution in [2.24, 2.45) is 0 Å². The van der Waals surface area contributed by atoms with E-state index in [9.17, 15) is 4.79 Å². The van der Waals surface area contributed by atoms with E-state index in [0.717, 1.165) is 39.5 Å². The zero-order valence-corrected chi connectivity index (χ0v) is 22.4. The van der Waals surface area contributed by atoms with E-state index in [1.165, 1.54) is 11.8 Å². The molecule has 0 fully saturated rings. The Kier molecular flexibility index (Phi) is 6.77. The molecule has 194 valence electrons. The molecule has 3 aromatic carbocycles. The fourth-order valence-corrected chi connectivity index (χ4v) is 5.47. The summed E-state index contributed by atoms with van der Waals surface area (Å²) in [7, 11) is 1.64. The first-order chi connectivity index (χ1) is 19.1. The maximum absolute atomic E-state index is 13.8. The second-order valence-corrected chi connectivity index (χ2v) is 10.0. The fourth-order valence-electron chi connectivity index (χ4n) is 4.47. The molecule has 0 saturated heterocycles. The van der Waals surface area contributed by atoms with Crippen molar-refractivity contribution in [1.82, 2.24) is 19.5 Å². The summed E-state index contributed by atoms with van der Waals surface area (Å²) in [6, 6.07) is 27.5. The first kappa shape index (κ1) is 24.8. The summed E-state index contributed by atoms with van der Waals surface area (Å²) in [6.45, 7) is 2.29. The third-order valence-corrected chi connectivity index (χ3v) is 7.57. The molecule has 0 unspecified atom stereocenters. The molecule has 0 aliphatic carbocycles. The molecule has 6 aromatic rings. The molecular weight excluding hydrogens is 508 g/mol. The highest BCUT2D eigenvalue weighted by atomic mass is 32.2. The molecule has 3 heterocycles. The van der Waals surface area contributed by atoms with E-state index < -0.39 is 0 Å². The van der Waals surface area contributed by atoms with Crippen LogP contribution in [0.2, 0.25) is 0 Å². The number of nitrogens with one attached hydrogen (secondary N) is 1. The minimum Gasteiger partial charge on any atom is -0.497 e. The third kappa shape index (κ3) is 4.98. The van der Waals surface area contributed by atoms with E-state index in [2.05, 4.69) is 4.98 Å². The van der Waals surface area contributed by atoms with Crippen LogP contribution in [0.15, 0.2) is 105 Å². The summed E-state index contributed by atoms with van der Waals surface area (Å²) < 4.78 is 13.0. The summed E-state index contributed by atoms with van der Waals surface area (Å²) in [6.07, 6.45) is 1.86. The summed E-state index contributed by atoms with van der Waals surface area (Å²) in [5, 5.41) is 0.615. The molecule has 39 heavy (non-hydrogen) atoms. The van der Waals surface area contributed by atoms with E-state index >= 15 is 0 Å². The number of thioether (sulfide) groups is 1. The van der Waals surface area contributed by atoms with Crippen molar-refractivity contribution in [3.63, 3.8) is 0 Å². The van der Waals surface area contributed by atoms with Gasteiger partial charge in [0.1, 0.15) is 22.5 Å². The second kappa shape index (κ2) is 10.7. The number of ether oxygens (including phenoxy) is 1. The van der Waals surface area contributed by atoms with Gasteiger partial charge in [0.25, 0.3) is 5.56 Å². The Labute approximate surface area is 229 Å². The number of aryl methyl sites for hydroxylation is 1. The van der Waals surface area contributed by atoms with Crippen molar-refractivity contribution in [2.45, 2.75) is 24.4 Å². The van der Waals surface area contributed by atoms with Crippen molar-refractivity contribution in [3.8, 4) is 28.3 Å². The van der Waals surface area contributed by atoms with E-state index in [0.29, 0.717) is 34.4 Å². The molecular formula is C31H26N4O3S. The smallest absolute Gasteiger partial charge is 0.278 e. The molecule has 0 radical (unpaired) electrons. The number of oxazole rings is 1. The van der Waals surface area contributed by atoms with Gasteiger partial charge < -0.3 is 14.1 Å². The summed E-state index contributed by atoms with van der Waals surface area (Å²) in [5.41, 5.74) is 5.62. The Hall–Kier alpha value is -4.56. The first-order valence-corrected chi connectivity index (χ1v) is 13.5. The third-order valence-electron chi connectivity index (χ3n) is 6.59. The minimum absolute atomic E-state index is 0.123. The van der Waals surface area contributed by atoms with Gasteiger partial charge in [-0.05, 0) is 42.3 Å². The van der Waals surface area contributed by atoms with Gasteiger partial charge in [0, 0.05) is 23.1 Å². The lowest BCUT2D eigenvalue weighted by Crippen LogP contribution is -2.24. The zero-order chi connectivity index (χ0) is 26.8. The van der Waals surface area contributed by atoms with E-state index in [1.54, 1.807) is 11.7 Å². The minimum atomic E-state index is -0.123. The van der Waals surface area contributed by atoms with E-state index in [4.69, 9.17) is 19.1 Å². The van der Waals surface area contributed by atoms with Crippen LogP contribution in [0, 0.1) is 6.92 Å². The summed E-state index contributed by atoms with van der Waals surface area (Å²) >= 11 is 1.48. The van der Waals surface area contributed by atoms with Gasteiger partial charge in [-0.25, -0.2) is 9.97 Å². The molecule has 6 rings (SSSR count). The van der Waals surface area contributed by atoms with Gasteiger partial charge in [0.2, 0.25) is 5.89 Å². The van der Waals surface area contributed by atoms with Crippen LogP contribution < -0.4 is 10.3 Å². The van der Waals surface area contributed by atoms with Gasteiger partial charge in [-0.3, -0.25) is 9.36 Å². The van der Waals surface area contributed by atoms with Crippen LogP contribution in [-0.2, 0) is 12.3 Å². The van der Waals surface area contributed by atoms with Gasteiger partial charge in [0.15, 0.2) is 5.16 Å². The Bertz CT molecular complexity index is 1790. The molecule has 0 aliphatic heterocycles. The topological polar surface area (TPSA) is 85.9 Å². The van der Waals surface area contributed by atoms with Gasteiger partial charge in [-0.2, -0.15) is 0 Å². The number of rotatable bonds is 8. The second-order valence-electron chi connectivity index (χ2n) is 9.10. The van der Waals surface area contributed by atoms with Crippen molar-refractivity contribution in [1.29, 1.82) is 0 Å². The highest BCUT2D eigenvalue weighted by Gasteiger charge is 2.19. The lowest BCUT2D eigenvalue weighted by Gasteiger charge is -2.13. The lowest BCUT2D eigenvalue weighted by atomic mass is 10.1. The Morgan fingerprint density at radius 3 is 2.31 bits per heavy atom. The normalized spacial score (nSPS) is 11.2. The van der Waals surface area contributed by atoms with Gasteiger partial charge in [-0.1, -0.05) is 72.4 Å². The number of methoxy groups -OCH3 is 1. The van der Waals surface area contributed by atoms with Crippen LogP contribution in [0.1, 0.15) is 17.0 Å². The number of hydrogen-bond donors (Lipinski definition) is 1. The molecule has 0 atom stereocenters. The Morgan fingerprint density at radius 2 is 1.62 bits per heavy atom. The fraction of sp³-hybridized carbons (Fsp3) is 0.129. The summed E-state index contributed by atoms with van der Waals surface area (Å²) in [4.78, 5) is 26.8. The van der Waals surface area contributed by atoms with Gasteiger partial charge in [-0.15, -0.1) is 0 Å². The van der Waals surface area contributed by atoms with E-state index in [-0.39, 0.29) is 5.56 Å². The van der Waals surface area contributed by atoms with Crippen molar-refractivity contribution in [2.75, 3.05) is 7.11 Å². The highest BCUT2D eigenvalue weighted by Crippen LogP contribution is 2.30. The molecule has 7 nitrogen and oxygen atoms in total. The molecule has 0 saturated carbocycles. The largest absolute Gasteiger partial charge is 0.497 e. The summed E-state index contributed by atoms with van der Waals surface area (Å²) in [5.74, 6) is 2.60. The van der Waals surface area contributed by atoms with Crippen LogP contribution >= 0.6 is 11.8 Å². The number of nitrogens with zero attached hydrogens (tertiary/aromatic N) is 3. The van der Waals surface area contributed by atoms with Crippen molar-refractivity contribution < 1.29 is 9.15 Å². The maximum Gasteiger partial charge on any atom is 0.278 e. The predicted octanol–water partition coefficient (Wildman–Crippen LogP) is 6.70. The number of fused-ring (bicyclic) bond motifs is 1. The number of hydrogen-bond acceptors (Lipinski definition) is 6. The maximum atomic E-state index is 13.8. The SMILES string of the molecule is COc1ccc(Cn2c(SCc3nc(-c4ccccc4)oc3C)nc3c(-c4ccccc4)c[nH]c3c2=O)cc1. The first-order valence-electron chi connectivity index (χ1n) is 12.6. The van der Waals surface area contributed by atoms with Crippen LogP contribution in [-0.4, -0.2) is 26.6 Å². The molecule has 1 N–H and O–H groups in total. The molecule has 3 aromatic heterocycles. The van der Waals surface area contributed by atoms with Crippen molar-refractivity contribution in [3.05, 3.63) is 118 Å². The van der Waals surface area contributed by atoms with Crippen LogP contribution in [0.25, 0.3) is 33.6 Å². The van der Waals surface area contributed by atoms with Crippen molar-refractivity contribution >= 4 is 22.8 Å². The van der Waals surface area contributed by atoms with Crippen LogP contribution in [0.3, 0.4) is 0 Å². The zero-order valence-electron chi connectivity index (χ0n) is 21.5. The number of H-pyrrole nitrogens is 1. The van der Waals surface area contributed by atoms with Crippen LogP contribution in [0.4, 0.5) is 0 Å². The Morgan fingerprint density at radius 1 is 0.923 bits per heavy atom. The monoisotopic (exact) mass is 534 g/mol. The van der Waals surface area contributed by atoms with Crippen LogP contribution in [0.5, 0.6) is 5.75 Å². The number of aromatic nitrogens is 4. The molecule has 8 heteroatoms. The number of aromatic amines is 1. The number of benzene rings is 3.